The standard InChI is InChI=1S/C9H20O3S/c1-3-4-5-6-12-7-9(2)8-13(10)11/h9H,3-8H2,1-2H3,(H,10,11)/p-1. The molecule has 0 spiro atoms. The van der Waals surface area contributed by atoms with Crippen molar-refractivity contribution in [2.24, 2.45) is 5.92 Å². The second kappa shape index (κ2) is 8.66. The first-order valence-electron chi connectivity index (χ1n) is 4.80. The highest BCUT2D eigenvalue weighted by Gasteiger charge is 2.01. The fourth-order valence-electron chi connectivity index (χ4n) is 1.02. The summed E-state index contributed by atoms with van der Waals surface area (Å²) in [6.07, 6.45) is 3.44. The Bertz CT molecular complexity index is 139. The Morgan fingerprint density at radius 3 is 2.69 bits per heavy atom. The maximum absolute atomic E-state index is 10.3. The summed E-state index contributed by atoms with van der Waals surface area (Å²) in [5, 5.41) is 0. The van der Waals surface area contributed by atoms with E-state index in [1.165, 1.54) is 12.8 Å². The summed E-state index contributed by atoms with van der Waals surface area (Å²) in [6.45, 7) is 5.33. The van der Waals surface area contributed by atoms with Crippen LogP contribution in [0.1, 0.15) is 33.1 Å². The van der Waals surface area contributed by atoms with E-state index < -0.39 is 11.1 Å². The van der Waals surface area contributed by atoms with Crippen LogP contribution < -0.4 is 0 Å². The third-order valence-corrected chi connectivity index (χ3v) is 2.56. The first-order valence-corrected chi connectivity index (χ1v) is 6.04. The molecule has 13 heavy (non-hydrogen) atoms. The maximum Gasteiger partial charge on any atom is 0.0500 e. The SMILES string of the molecule is CCCCCOCC(C)CS(=O)[O-]. The Balaban J connectivity index is 3.17. The largest absolute Gasteiger partial charge is 0.772 e. The fraction of sp³-hybridized carbons (Fsp3) is 1.00. The van der Waals surface area contributed by atoms with Crippen molar-refractivity contribution in [2.75, 3.05) is 19.0 Å². The second-order valence-electron chi connectivity index (χ2n) is 3.36. The molecule has 0 heterocycles. The number of hydrogen-bond donors (Lipinski definition) is 0. The van der Waals surface area contributed by atoms with Gasteiger partial charge in [-0.05, 0) is 12.3 Å². The molecule has 0 N–H and O–H groups in total. The lowest BCUT2D eigenvalue weighted by Crippen LogP contribution is -2.14. The summed E-state index contributed by atoms with van der Waals surface area (Å²) in [4.78, 5) is 0. The van der Waals surface area contributed by atoms with E-state index in [1.54, 1.807) is 0 Å². The molecule has 2 unspecified atom stereocenters. The Morgan fingerprint density at radius 2 is 2.15 bits per heavy atom. The van der Waals surface area contributed by atoms with E-state index in [0.29, 0.717) is 6.61 Å². The smallest absolute Gasteiger partial charge is 0.0500 e. The van der Waals surface area contributed by atoms with E-state index in [-0.39, 0.29) is 11.7 Å². The van der Waals surface area contributed by atoms with Crippen molar-refractivity contribution in [3.05, 3.63) is 0 Å². The van der Waals surface area contributed by atoms with Gasteiger partial charge < -0.3 is 9.29 Å². The minimum Gasteiger partial charge on any atom is -0.772 e. The molecule has 80 valence electrons. The van der Waals surface area contributed by atoms with Crippen molar-refractivity contribution in [1.82, 2.24) is 0 Å². The number of unbranched alkanes of at least 4 members (excludes halogenated alkanes) is 2. The van der Waals surface area contributed by atoms with Crippen molar-refractivity contribution >= 4 is 11.1 Å². The summed E-state index contributed by atoms with van der Waals surface area (Å²) in [6, 6.07) is 0. The molecule has 0 saturated carbocycles. The van der Waals surface area contributed by atoms with Gasteiger partial charge in [-0.15, -0.1) is 0 Å². The highest BCUT2D eigenvalue weighted by atomic mass is 32.2. The molecule has 0 rings (SSSR count). The molecular formula is C9H19O3S-. The Morgan fingerprint density at radius 1 is 1.46 bits per heavy atom. The lowest BCUT2D eigenvalue weighted by Gasteiger charge is -2.13. The molecule has 0 amide bonds. The van der Waals surface area contributed by atoms with Crippen LogP contribution in [0.5, 0.6) is 0 Å². The first-order chi connectivity index (χ1) is 6.16. The molecule has 0 aliphatic carbocycles. The van der Waals surface area contributed by atoms with Gasteiger partial charge in [0.2, 0.25) is 0 Å². The predicted octanol–water partition coefficient (Wildman–Crippen LogP) is 1.71. The molecule has 0 radical (unpaired) electrons. The molecule has 0 fully saturated rings. The van der Waals surface area contributed by atoms with Gasteiger partial charge in [0.15, 0.2) is 0 Å². The van der Waals surface area contributed by atoms with Crippen molar-refractivity contribution in [1.29, 1.82) is 0 Å². The highest BCUT2D eigenvalue weighted by Crippen LogP contribution is 2.00. The zero-order valence-electron chi connectivity index (χ0n) is 8.45. The zero-order valence-corrected chi connectivity index (χ0v) is 9.27. The topological polar surface area (TPSA) is 49.4 Å². The predicted molar refractivity (Wildman–Crippen MR) is 53.3 cm³/mol. The quantitative estimate of drug-likeness (QED) is 0.449. The monoisotopic (exact) mass is 207 g/mol. The molecule has 0 saturated heterocycles. The molecule has 0 aromatic heterocycles. The number of ether oxygens (including phenoxy) is 1. The lowest BCUT2D eigenvalue weighted by atomic mass is 10.2. The summed E-state index contributed by atoms with van der Waals surface area (Å²) >= 11 is -1.93. The molecular weight excluding hydrogens is 188 g/mol. The van der Waals surface area contributed by atoms with Crippen molar-refractivity contribution < 1.29 is 13.5 Å². The van der Waals surface area contributed by atoms with E-state index in [9.17, 15) is 8.76 Å². The zero-order chi connectivity index (χ0) is 10.1. The number of rotatable bonds is 8. The maximum atomic E-state index is 10.3. The molecule has 0 aliphatic heterocycles. The normalized spacial score (nSPS) is 15.6. The van der Waals surface area contributed by atoms with Crippen LogP contribution in [0.4, 0.5) is 0 Å². The second-order valence-corrected chi connectivity index (χ2v) is 4.30. The van der Waals surface area contributed by atoms with Crippen LogP contribution >= 0.6 is 0 Å². The average molecular weight is 207 g/mol. The average Bonchev–Trinajstić information content (AvgIpc) is 2.02. The molecule has 0 aliphatic rings. The Labute approximate surface area is 83.1 Å². The van der Waals surface area contributed by atoms with E-state index in [2.05, 4.69) is 6.92 Å². The Hall–Kier alpha value is 0.0700. The van der Waals surface area contributed by atoms with Crippen LogP contribution in [0.15, 0.2) is 0 Å². The van der Waals surface area contributed by atoms with Crippen molar-refractivity contribution in [2.45, 2.75) is 33.1 Å². The van der Waals surface area contributed by atoms with E-state index >= 15 is 0 Å². The summed E-state index contributed by atoms with van der Waals surface area (Å²) < 4.78 is 25.9. The van der Waals surface area contributed by atoms with Crippen LogP contribution in [-0.2, 0) is 15.8 Å². The van der Waals surface area contributed by atoms with Crippen molar-refractivity contribution in [3.63, 3.8) is 0 Å². The van der Waals surface area contributed by atoms with E-state index in [4.69, 9.17) is 4.74 Å². The Kier molecular flexibility index (Phi) is 8.71. The van der Waals surface area contributed by atoms with Crippen LogP contribution in [0.3, 0.4) is 0 Å². The van der Waals surface area contributed by atoms with Gasteiger partial charge in [0.05, 0.1) is 0 Å². The van der Waals surface area contributed by atoms with Gasteiger partial charge in [0.25, 0.3) is 0 Å². The lowest BCUT2D eigenvalue weighted by molar-refractivity contribution is 0.107. The van der Waals surface area contributed by atoms with Gasteiger partial charge in [-0.1, -0.05) is 37.8 Å². The summed E-state index contributed by atoms with van der Waals surface area (Å²) in [7, 11) is 0. The van der Waals surface area contributed by atoms with Gasteiger partial charge in [0.1, 0.15) is 0 Å². The molecule has 0 aromatic carbocycles. The number of hydrogen-bond acceptors (Lipinski definition) is 3. The molecule has 2 atom stereocenters. The summed E-state index contributed by atoms with van der Waals surface area (Å²) in [5.74, 6) is 0.313. The van der Waals surface area contributed by atoms with Crippen LogP contribution in [0.25, 0.3) is 0 Å². The third-order valence-electron chi connectivity index (χ3n) is 1.72. The van der Waals surface area contributed by atoms with Crippen molar-refractivity contribution in [3.8, 4) is 0 Å². The fourth-order valence-corrected chi connectivity index (χ4v) is 1.58. The molecule has 0 bridgehead atoms. The first kappa shape index (κ1) is 13.1. The van der Waals surface area contributed by atoms with E-state index in [1.807, 2.05) is 6.92 Å². The van der Waals surface area contributed by atoms with Crippen LogP contribution in [0.2, 0.25) is 0 Å². The van der Waals surface area contributed by atoms with Gasteiger partial charge in [-0.25, -0.2) is 0 Å². The van der Waals surface area contributed by atoms with Gasteiger partial charge in [-0.2, -0.15) is 0 Å². The third kappa shape index (κ3) is 9.99. The minimum atomic E-state index is -1.93. The molecule has 3 nitrogen and oxygen atoms in total. The van der Waals surface area contributed by atoms with E-state index in [0.717, 1.165) is 13.0 Å². The minimum absolute atomic E-state index is 0.111. The van der Waals surface area contributed by atoms with Gasteiger partial charge in [0, 0.05) is 19.0 Å². The molecule has 4 heteroatoms. The van der Waals surface area contributed by atoms with Crippen LogP contribution in [-0.4, -0.2) is 27.7 Å². The van der Waals surface area contributed by atoms with Crippen LogP contribution in [0, 0.1) is 5.92 Å². The van der Waals surface area contributed by atoms with Gasteiger partial charge >= 0.3 is 0 Å². The summed E-state index contributed by atoms with van der Waals surface area (Å²) in [5.41, 5.74) is 0. The van der Waals surface area contributed by atoms with Gasteiger partial charge in [-0.3, -0.25) is 4.21 Å². The highest BCUT2D eigenvalue weighted by molar-refractivity contribution is 7.79. The molecule has 0 aromatic rings.